The van der Waals surface area contributed by atoms with E-state index in [-0.39, 0.29) is 23.6 Å². The van der Waals surface area contributed by atoms with Crippen LogP contribution in [0.15, 0.2) is 54.2 Å². The molecule has 2 aromatic rings. The van der Waals surface area contributed by atoms with Crippen LogP contribution < -0.4 is 4.90 Å². The number of allylic oxidation sites excluding steroid dienone is 1. The Bertz CT molecular complexity index is 946. The summed E-state index contributed by atoms with van der Waals surface area (Å²) in [7, 11) is 0. The summed E-state index contributed by atoms with van der Waals surface area (Å²) in [5.74, 6) is -2.74. The number of alkyl halides is 1. The summed E-state index contributed by atoms with van der Waals surface area (Å²) < 4.78 is 32.4. The normalized spacial score (nSPS) is 19.5. The molecule has 0 aliphatic carbocycles. The number of hydrogen-bond donors (Lipinski definition) is 1. The average Bonchev–Trinajstić information content (AvgIpc) is 2.65. The first-order chi connectivity index (χ1) is 13.3. The maximum absolute atomic E-state index is 13.8. The molecule has 0 aromatic heterocycles. The van der Waals surface area contributed by atoms with Gasteiger partial charge in [0.15, 0.2) is 0 Å². The van der Waals surface area contributed by atoms with Gasteiger partial charge in [0.05, 0.1) is 18.3 Å². The number of hydrogen-bond acceptors (Lipinski definition) is 3. The monoisotopic (exact) mass is 451 g/mol. The van der Waals surface area contributed by atoms with E-state index in [1.165, 1.54) is 23.1 Å². The lowest BCUT2D eigenvalue weighted by Crippen LogP contribution is -2.45. The number of aromatic carboxylic acids is 1. The SMILES string of the molecule is CC1=CC(OCc2ccc(F)cc2F)C(Br)C(=O)N1c1ccc(C(=O)O)cc1. The third kappa shape index (κ3) is 4.13. The van der Waals surface area contributed by atoms with Gasteiger partial charge in [0.25, 0.3) is 0 Å². The molecule has 0 saturated carbocycles. The first kappa shape index (κ1) is 20.2. The van der Waals surface area contributed by atoms with Crippen molar-refractivity contribution in [1.82, 2.24) is 0 Å². The summed E-state index contributed by atoms with van der Waals surface area (Å²) in [6, 6.07) is 9.15. The lowest BCUT2D eigenvalue weighted by molar-refractivity contribution is -0.120. The van der Waals surface area contributed by atoms with Crippen LogP contribution in [0.4, 0.5) is 14.5 Å². The Hall–Kier alpha value is -2.58. The molecule has 1 amide bonds. The third-order valence-corrected chi connectivity index (χ3v) is 5.23. The number of halogens is 3. The number of carboxylic acid groups (broad SMARTS) is 1. The Morgan fingerprint density at radius 3 is 2.50 bits per heavy atom. The Balaban J connectivity index is 1.78. The number of benzene rings is 2. The molecule has 1 aliphatic rings. The first-order valence-corrected chi connectivity index (χ1v) is 9.25. The lowest BCUT2D eigenvalue weighted by atomic mass is 10.1. The van der Waals surface area contributed by atoms with Crippen molar-refractivity contribution < 1.29 is 28.2 Å². The fourth-order valence-electron chi connectivity index (χ4n) is 2.88. The molecular weight excluding hydrogens is 436 g/mol. The molecule has 2 unspecified atom stereocenters. The first-order valence-electron chi connectivity index (χ1n) is 8.33. The zero-order valence-electron chi connectivity index (χ0n) is 14.7. The topological polar surface area (TPSA) is 66.8 Å². The van der Waals surface area contributed by atoms with Crippen LogP contribution in [0.1, 0.15) is 22.8 Å². The molecule has 146 valence electrons. The highest BCUT2D eigenvalue weighted by molar-refractivity contribution is 9.10. The minimum atomic E-state index is -1.05. The van der Waals surface area contributed by atoms with E-state index >= 15 is 0 Å². The number of carbonyl (C=O) groups excluding carboxylic acids is 1. The van der Waals surface area contributed by atoms with Crippen molar-refractivity contribution in [3.05, 3.63) is 77.0 Å². The molecular formula is C20H16BrF2NO4. The van der Waals surface area contributed by atoms with Gasteiger partial charge in [-0.1, -0.05) is 22.0 Å². The van der Waals surface area contributed by atoms with Gasteiger partial charge in [-0.05, 0) is 43.3 Å². The molecule has 1 aliphatic heterocycles. The van der Waals surface area contributed by atoms with Gasteiger partial charge in [0.1, 0.15) is 16.5 Å². The van der Waals surface area contributed by atoms with Crippen LogP contribution in [0.3, 0.4) is 0 Å². The minimum Gasteiger partial charge on any atom is -0.478 e. The Morgan fingerprint density at radius 1 is 1.21 bits per heavy atom. The second-order valence-corrected chi connectivity index (χ2v) is 7.23. The number of rotatable bonds is 5. The van der Waals surface area contributed by atoms with Gasteiger partial charge in [-0.3, -0.25) is 9.69 Å². The predicted molar refractivity (Wildman–Crippen MR) is 102 cm³/mol. The number of anilines is 1. The van der Waals surface area contributed by atoms with E-state index in [0.29, 0.717) is 11.4 Å². The summed E-state index contributed by atoms with van der Waals surface area (Å²) in [5.41, 5.74) is 1.42. The summed E-state index contributed by atoms with van der Waals surface area (Å²) in [6.07, 6.45) is 1.07. The third-order valence-electron chi connectivity index (χ3n) is 4.32. The fraction of sp³-hybridized carbons (Fsp3) is 0.200. The molecule has 2 aromatic carbocycles. The molecule has 0 spiro atoms. The number of carbonyl (C=O) groups is 2. The van der Waals surface area contributed by atoms with Gasteiger partial charge >= 0.3 is 5.97 Å². The van der Waals surface area contributed by atoms with Crippen LogP contribution in [-0.4, -0.2) is 27.9 Å². The number of nitrogens with zero attached hydrogens (tertiary/aromatic N) is 1. The van der Waals surface area contributed by atoms with E-state index in [0.717, 1.165) is 12.1 Å². The van der Waals surface area contributed by atoms with Crippen molar-refractivity contribution >= 4 is 33.5 Å². The van der Waals surface area contributed by atoms with Gasteiger partial charge in [0, 0.05) is 23.0 Å². The van der Waals surface area contributed by atoms with E-state index in [1.807, 2.05) is 0 Å². The molecule has 2 atom stereocenters. The highest BCUT2D eigenvalue weighted by atomic mass is 79.9. The van der Waals surface area contributed by atoms with E-state index < -0.39 is 28.5 Å². The number of amides is 1. The highest BCUT2D eigenvalue weighted by Crippen LogP contribution is 2.30. The van der Waals surface area contributed by atoms with Crippen molar-refractivity contribution in [2.45, 2.75) is 24.5 Å². The number of ether oxygens (including phenoxy) is 1. The molecule has 8 heteroatoms. The zero-order valence-corrected chi connectivity index (χ0v) is 16.3. The smallest absolute Gasteiger partial charge is 0.335 e. The van der Waals surface area contributed by atoms with Gasteiger partial charge in [-0.2, -0.15) is 0 Å². The standard InChI is InChI=1S/C20H16BrF2NO4/c1-11-8-17(28-10-13-2-5-14(22)9-16(13)23)18(21)19(25)24(11)15-6-3-12(4-7-15)20(26)27/h2-9,17-18H,10H2,1H3,(H,26,27). The lowest BCUT2D eigenvalue weighted by Gasteiger charge is -2.34. The summed E-state index contributed by atoms with van der Waals surface area (Å²) >= 11 is 3.32. The zero-order chi connectivity index (χ0) is 20.4. The van der Waals surface area contributed by atoms with Crippen LogP contribution in [0.5, 0.6) is 0 Å². The maximum Gasteiger partial charge on any atom is 0.335 e. The van der Waals surface area contributed by atoms with E-state index in [4.69, 9.17) is 9.84 Å². The molecule has 0 fully saturated rings. The van der Waals surface area contributed by atoms with Crippen LogP contribution in [-0.2, 0) is 16.1 Å². The second-order valence-electron chi connectivity index (χ2n) is 6.25. The van der Waals surface area contributed by atoms with E-state index in [9.17, 15) is 18.4 Å². The summed E-state index contributed by atoms with van der Waals surface area (Å²) in [6.45, 7) is 1.60. The average molecular weight is 452 g/mol. The predicted octanol–water partition coefficient (Wildman–Crippen LogP) is 4.26. The summed E-state index contributed by atoms with van der Waals surface area (Å²) in [5, 5.41) is 8.99. The maximum atomic E-state index is 13.8. The van der Waals surface area contributed by atoms with Gasteiger partial charge < -0.3 is 9.84 Å². The molecule has 1 N–H and O–H groups in total. The van der Waals surface area contributed by atoms with Crippen molar-refractivity contribution in [3.8, 4) is 0 Å². The van der Waals surface area contributed by atoms with Crippen molar-refractivity contribution in [3.63, 3.8) is 0 Å². The van der Waals surface area contributed by atoms with Crippen LogP contribution >= 0.6 is 15.9 Å². The molecule has 0 saturated heterocycles. The molecule has 3 rings (SSSR count). The van der Waals surface area contributed by atoms with E-state index in [2.05, 4.69) is 15.9 Å². The van der Waals surface area contributed by atoms with Crippen LogP contribution in [0.2, 0.25) is 0 Å². The van der Waals surface area contributed by atoms with Gasteiger partial charge in [-0.25, -0.2) is 13.6 Å². The quantitative estimate of drug-likeness (QED) is 0.689. The van der Waals surface area contributed by atoms with Gasteiger partial charge in [0.2, 0.25) is 5.91 Å². The van der Waals surface area contributed by atoms with Crippen LogP contribution in [0.25, 0.3) is 0 Å². The molecule has 0 radical (unpaired) electrons. The largest absolute Gasteiger partial charge is 0.478 e. The number of carboxylic acids is 1. The summed E-state index contributed by atoms with van der Waals surface area (Å²) in [4.78, 5) is 24.5. The van der Waals surface area contributed by atoms with Crippen LogP contribution in [0, 0.1) is 11.6 Å². The van der Waals surface area contributed by atoms with Crippen molar-refractivity contribution in [1.29, 1.82) is 0 Å². The van der Waals surface area contributed by atoms with E-state index in [1.54, 1.807) is 25.1 Å². The van der Waals surface area contributed by atoms with Gasteiger partial charge in [-0.15, -0.1) is 0 Å². The van der Waals surface area contributed by atoms with Crippen molar-refractivity contribution in [2.24, 2.45) is 0 Å². The molecule has 1 heterocycles. The Kier molecular flexibility index (Phi) is 5.90. The molecule has 0 bridgehead atoms. The molecule has 5 nitrogen and oxygen atoms in total. The minimum absolute atomic E-state index is 0.118. The second kappa shape index (κ2) is 8.20. The highest BCUT2D eigenvalue weighted by Gasteiger charge is 2.35. The molecule has 28 heavy (non-hydrogen) atoms. The fourth-order valence-corrected chi connectivity index (χ4v) is 3.39. The van der Waals surface area contributed by atoms with Crippen molar-refractivity contribution in [2.75, 3.05) is 4.90 Å². The Labute approximate surface area is 168 Å². The Morgan fingerprint density at radius 2 is 1.89 bits per heavy atom.